The lowest BCUT2D eigenvalue weighted by molar-refractivity contribution is -0.111. The average Bonchev–Trinajstić information content (AvgIpc) is 2.89. The fourth-order valence-corrected chi connectivity index (χ4v) is 3.39. The van der Waals surface area contributed by atoms with Gasteiger partial charge in [0.25, 0.3) is 11.8 Å². The Morgan fingerprint density at radius 2 is 1.75 bits per heavy atom. The number of amides is 2. The normalized spacial score (nSPS) is 10.3. The van der Waals surface area contributed by atoms with E-state index in [-0.39, 0.29) is 12.5 Å². The smallest absolute Gasteiger partial charge is 0.300 e. The highest BCUT2D eigenvalue weighted by Crippen LogP contribution is 2.31. The zero-order valence-corrected chi connectivity index (χ0v) is 19.9. The monoisotopic (exact) mass is 480 g/mol. The van der Waals surface area contributed by atoms with E-state index in [1.54, 1.807) is 60.9 Å². The van der Waals surface area contributed by atoms with Crippen molar-refractivity contribution < 1.29 is 19.1 Å². The second-order valence-electron chi connectivity index (χ2n) is 7.71. The molecule has 2 aromatic carbocycles. The number of aryl methyl sites for hydroxylation is 1. The molecule has 0 radical (unpaired) electrons. The topological polar surface area (TPSA) is 102 Å². The first-order valence-corrected chi connectivity index (χ1v) is 11.3. The first kappa shape index (κ1) is 24.4. The summed E-state index contributed by atoms with van der Waals surface area (Å²) in [5, 5.41) is 6.26. The molecule has 4 aromatic rings. The molecule has 0 aliphatic rings. The van der Waals surface area contributed by atoms with Crippen LogP contribution in [0.15, 0.2) is 73.1 Å². The van der Waals surface area contributed by atoms with Gasteiger partial charge in [-0.15, -0.1) is 0 Å². The van der Waals surface area contributed by atoms with Crippen LogP contribution >= 0.6 is 0 Å². The minimum atomic E-state index is -0.441. The first-order valence-electron chi connectivity index (χ1n) is 11.3. The van der Waals surface area contributed by atoms with Crippen LogP contribution in [0, 0.1) is 11.8 Å². The maximum atomic E-state index is 12.6. The molecule has 8 nitrogen and oxygen atoms in total. The number of carbonyl (C=O) groups is 2. The van der Waals surface area contributed by atoms with Crippen molar-refractivity contribution in [2.45, 2.75) is 13.3 Å². The van der Waals surface area contributed by atoms with Crippen LogP contribution in [0.4, 0.5) is 11.5 Å². The number of fused-ring (bicyclic) bond motifs is 1. The Hall–Kier alpha value is -4.74. The molecule has 36 heavy (non-hydrogen) atoms. The maximum Gasteiger partial charge on any atom is 0.300 e. The third-order valence-corrected chi connectivity index (χ3v) is 5.20. The number of ether oxygens (including phenoxy) is 2. The van der Waals surface area contributed by atoms with Crippen LogP contribution in [0.2, 0.25) is 0 Å². The van der Waals surface area contributed by atoms with E-state index in [1.807, 2.05) is 19.1 Å². The number of aromatic nitrogens is 2. The summed E-state index contributed by atoms with van der Waals surface area (Å²) in [4.78, 5) is 33.2. The van der Waals surface area contributed by atoms with E-state index >= 15 is 0 Å². The number of methoxy groups -OCH3 is 1. The van der Waals surface area contributed by atoms with E-state index in [0.717, 1.165) is 12.0 Å². The molecular formula is C28H24N4O4. The molecule has 2 amide bonds. The lowest BCUT2D eigenvalue weighted by Gasteiger charge is -2.11. The molecular weight excluding hydrogens is 456 g/mol. The number of hydrogen-bond acceptors (Lipinski definition) is 6. The molecule has 0 fully saturated rings. The third-order valence-electron chi connectivity index (χ3n) is 5.20. The SMILES string of the molecule is CCc1ccnc(NC(=O)c2ccc(Oc3ccnc4ccc(NC(=O)C#CCOC)cc34)cc2)c1. The van der Waals surface area contributed by atoms with E-state index < -0.39 is 5.91 Å². The van der Waals surface area contributed by atoms with Gasteiger partial charge in [0.1, 0.15) is 23.9 Å². The summed E-state index contributed by atoms with van der Waals surface area (Å²) in [7, 11) is 1.51. The first-order chi connectivity index (χ1) is 17.6. The molecule has 2 heterocycles. The average molecular weight is 481 g/mol. The van der Waals surface area contributed by atoms with Gasteiger partial charge in [-0.05, 0) is 78.6 Å². The van der Waals surface area contributed by atoms with Crippen molar-refractivity contribution >= 4 is 34.2 Å². The number of pyridine rings is 2. The van der Waals surface area contributed by atoms with Crippen LogP contribution in [-0.4, -0.2) is 35.5 Å². The van der Waals surface area contributed by atoms with Crippen molar-refractivity contribution in [1.82, 2.24) is 9.97 Å². The second-order valence-corrected chi connectivity index (χ2v) is 7.71. The van der Waals surface area contributed by atoms with Crippen molar-refractivity contribution in [2.75, 3.05) is 24.4 Å². The molecule has 0 aliphatic heterocycles. The van der Waals surface area contributed by atoms with Gasteiger partial charge in [0.05, 0.1) is 5.52 Å². The maximum absolute atomic E-state index is 12.6. The summed E-state index contributed by atoms with van der Waals surface area (Å²) < 4.78 is 10.9. The van der Waals surface area contributed by atoms with E-state index in [1.165, 1.54) is 7.11 Å². The minimum Gasteiger partial charge on any atom is -0.457 e. The highest BCUT2D eigenvalue weighted by Gasteiger charge is 2.10. The van der Waals surface area contributed by atoms with Gasteiger partial charge in [-0.2, -0.15) is 0 Å². The van der Waals surface area contributed by atoms with Gasteiger partial charge in [-0.3, -0.25) is 14.6 Å². The largest absolute Gasteiger partial charge is 0.457 e. The van der Waals surface area contributed by atoms with Gasteiger partial charge >= 0.3 is 0 Å². The van der Waals surface area contributed by atoms with E-state index in [9.17, 15) is 9.59 Å². The van der Waals surface area contributed by atoms with Crippen molar-refractivity contribution in [1.29, 1.82) is 0 Å². The van der Waals surface area contributed by atoms with Crippen LogP contribution in [0.1, 0.15) is 22.8 Å². The summed E-state index contributed by atoms with van der Waals surface area (Å²) in [6.07, 6.45) is 4.18. The molecule has 2 N–H and O–H groups in total. The fourth-order valence-electron chi connectivity index (χ4n) is 3.39. The molecule has 0 unspecified atom stereocenters. The van der Waals surface area contributed by atoms with Crippen molar-refractivity contribution in [3.63, 3.8) is 0 Å². The lowest BCUT2D eigenvalue weighted by atomic mass is 10.1. The third kappa shape index (κ3) is 6.23. The fraction of sp³-hybridized carbons (Fsp3) is 0.143. The summed E-state index contributed by atoms with van der Waals surface area (Å²) in [5.74, 6) is 5.99. The Morgan fingerprint density at radius 1 is 0.944 bits per heavy atom. The number of carbonyl (C=O) groups excluding carboxylic acids is 2. The molecule has 180 valence electrons. The molecule has 0 saturated heterocycles. The van der Waals surface area contributed by atoms with Crippen molar-refractivity contribution in [3.05, 3.63) is 84.2 Å². The van der Waals surface area contributed by atoms with Crippen LogP contribution < -0.4 is 15.4 Å². The van der Waals surface area contributed by atoms with Gasteiger partial charge in [0.15, 0.2) is 0 Å². The Balaban J connectivity index is 1.48. The standard InChI is InChI=1S/C28H24N4O4/c1-3-19-12-14-30-26(17-19)32-28(34)20-6-9-22(10-7-20)36-25-13-15-29-24-11-8-21(18-23(24)25)31-27(33)5-4-16-35-2/h6-15,17-18H,3,16H2,1-2H3,(H,31,33)(H,30,32,34). The second kappa shape index (κ2) is 11.6. The Bertz CT molecular complexity index is 1460. The van der Waals surface area contributed by atoms with E-state index in [4.69, 9.17) is 9.47 Å². The number of hydrogen-bond donors (Lipinski definition) is 2. The molecule has 4 rings (SSSR count). The predicted molar refractivity (Wildman–Crippen MR) is 138 cm³/mol. The number of rotatable bonds is 7. The Labute approximate surface area is 208 Å². The summed E-state index contributed by atoms with van der Waals surface area (Å²) in [6, 6.07) is 17.6. The Morgan fingerprint density at radius 3 is 2.53 bits per heavy atom. The quantitative estimate of drug-likeness (QED) is 0.368. The molecule has 0 bridgehead atoms. The van der Waals surface area contributed by atoms with Gasteiger partial charge in [-0.1, -0.05) is 12.8 Å². The highest BCUT2D eigenvalue weighted by atomic mass is 16.5. The van der Waals surface area contributed by atoms with Crippen LogP contribution in [0.5, 0.6) is 11.5 Å². The van der Waals surface area contributed by atoms with E-state index in [0.29, 0.717) is 39.5 Å². The number of nitrogens with one attached hydrogen (secondary N) is 2. The number of anilines is 2. The predicted octanol–water partition coefficient (Wildman–Crippen LogP) is 4.83. The highest BCUT2D eigenvalue weighted by molar-refractivity contribution is 6.05. The zero-order chi connectivity index (χ0) is 25.3. The van der Waals surface area contributed by atoms with Crippen molar-refractivity contribution in [2.24, 2.45) is 0 Å². The van der Waals surface area contributed by atoms with Crippen molar-refractivity contribution in [3.8, 4) is 23.3 Å². The molecule has 0 saturated carbocycles. The van der Waals surface area contributed by atoms with Gasteiger partial charge < -0.3 is 20.1 Å². The van der Waals surface area contributed by atoms with Gasteiger partial charge in [-0.25, -0.2) is 4.98 Å². The van der Waals surface area contributed by atoms with Crippen LogP contribution in [0.25, 0.3) is 10.9 Å². The number of nitrogens with zero attached hydrogens (tertiary/aromatic N) is 2. The van der Waals surface area contributed by atoms with Crippen LogP contribution in [0.3, 0.4) is 0 Å². The van der Waals surface area contributed by atoms with Gasteiger partial charge in [0.2, 0.25) is 0 Å². The van der Waals surface area contributed by atoms with Crippen LogP contribution in [-0.2, 0) is 16.0 Å². The molecule has 2 aromatic heterocycles. The summed E-state index contributed by atoms with van der Waals surface area (Å²) in [5.41, 5.74) is 2.83. The number of benzene rings is 2. The minimum absolute atomic E-state index is 0.177. The summed E-state index contributed by atoms with van der Waals surface area (Å²) in [6.45, 7) is 2.22. The summed E-state index contributed by atoms with van der Waals surface area (Å²) >= 11 is 0. The Kier molecular flexibility index (Phi) is 7.86. The molecule has 0 atom stereocenters. The zero-order valence-electron chi connectivity index (χ0n) is 19.9. The van der Waals surface area contributed by atoms with E-state index in [2.05, 4.69) is 32.4 Å². The molecule has 0 spiro atoms. The molecule has 0 aliphatic carbocycles. The lowest BCUT2D eigenvalue weighted by Crippen LogP contribution is -2.12. The van der Waals surface area contributed by atoms with Gasteiger partial charge in [0, 0.05) is 36.1 Å². The molecule has 8 heteroatoms.